The second kappa shape index (κ2) is 6.48. The highest BCUT2D eigenvalue weighted by atomic mass is 79.9. The van der Waals surface area contributed by atoms with Crippen LogP contribution >= 0.6 is 15.9 Å². The molecule has 0 amide bonds. The van der Waals surface area contributed by atoms with Gasteiger partial charge in [0.2, 0.25) is 0 Å². The van der Waals surface area contributed by atoms with E-state index in [0.29, 0.717) is 6.04 Å². The summed E-state index contributed by atoms with van der Waals surface area (Å²) in [6.07, 6.45) is 5.32. The van der Waals surface area contributed by atoms with Gasteiger partial charge >= 0.3 is 0 Å². The number of benzene rings is 1. The number of halogens is 1. The highest BCUT2D eigenvalue weighted by Crippen LogP contribution is 2.28. The molecule has 1 aliphatic rings. The van der Waals surface area contributed by atoms with Crippen molar-refractivity contribution in [3.63, 3.8) is 0 Å². The summed E-state index contributed by atoms with van der Waals surface area (Å²) in [4.78, 5) is 10.3. The third kappa shape index (κ3) is 3.76. The minimum absolute atomic E-state index is 0.125. The summed E-state index contributed by atoms with van der Waals surface area (Å²) in [6, 6.07) is 5.44. The van der Waals surface area contributed by atoms with Crippen LogP contribution in [0.2, 0.25) is 0 Å². The van der Waals surface area contributed by atoms with Gasteiger partial charge in [-0.25, -0.2) is 0 Å². The standard InChI is InChI=1S/C14H19BrN2O2/c1-10(11-4-2-3-5-11)16-9-12-6-7-13(17(18)19)8-14(12)15/h6-8,10-11,16H,2-5,9H2,1H3. The zero-order valence-corrected chi connectivity index (χ0v) is 12.6. The lowest BCUT2D eigenvalue weighted by Crippen LogP contribution is -2.31. The molecular formula is C14H19BrN2O2. The molecule has 0 aliphatic heterocycles. The van der Waals surface area contributed by atoms with Crippen molar-refractivity contribution >= 4 is 21.6 Å². The van der Waals surface area contributed by atoms with E-state index in [2.05, 4.69) is 28.2 Å². The van der Waals surface area contributed by atoms with E-state index in [9.17, 15) is 10.1 Å². The lowest BCUT2D eigenvalue weighted by molar-refractivity contribution is -0.384. The predicted octanol–water partition coefficient (Wildman–Crippen LogP) is 4.03. The Morgan fingerprint density at radius 3 is 2.74 bits per heavy atom. The van der Waals surface area contributed by atoms with E-state index in [0.717, 1.165) is 22.5 Å². The van der Waals surface area contributed by atoms with Crippen molar-refractivity contribution in [2.45, 2.75) is 45.2 Å². The van der Waals surface area contributed by atoms with Crippen LogP contribution in [0.25, 0.3) is 0 Å². The molecule has 1 atom stereocenters. The quantitative estimate of drug-likeness (QED) is 0.656. The molecule has 1 aromatic rings. The molecule has 1 saturated carbocycles. The summed E-state index contributed by atoms with van der Waals surface area (Å²) < 4.78 is 0.799. The van der Waals surface area contributed by atoms with Crippen molar-refractivity contribution < 1.29 is 4.92 Å². The van der Waals surface area contributed by atoms with Gasteiger partial charge in [-0.1, -0.05) is 28.8 Å². The molecule has 0 aromatic heterocycles. The molecule has 1 N–H and O–H groups in total. The van der Waals surface area contributed by atoms with Crippen molar-refractivity contribution in [1.82, 2.24) is 5.32 Å². The van der Waals surface area contributed by atoms with Gasteiger partial charge in [-0.15, -0.1) is 0 Å². The van der Waals surface area contributed by atoms with E-state index in [1.165, 1.54) is 25.7 Å². The Morgan fingerprint density at radius 2 is 2.16 bits per heavy atom. The Bertz CT molecular complexity index is 459. The van der Waals surface area contributed by atoms with Crippen LogP contribution in [-0.2, 0) is 6.54 Å². The Morgan fingerprint density at radius 1 is 1.47 bits per heavy atom. The van der Waals surface area contributed by atoms with Gasteiger partial charge in [-0.3, -0.25) is 10.1 Å². The third-order valence-corrected chi connectivity index (χ3v) is 4.71. The van der Waals surface area contributed by atoms with Crippen molar-refractivity contribution in [2.75, 3.05) is 0 Å². The summed E-state index contributed by atoms with van der Waals surface area (Å²) in [5.74, 6) is 0.775. The van der Waals surface area contributed by atoms with Crippen LogP contribution in [0, 0.1) is 16.0 Å². The van der Waals surface area contributed by atoms with Gasteiger partial charge in [-0.05, 0) is 37.3 Å². The van der Waals surface area contributed by atoms with Crippen molar-refractivity contribution in [3.8, 4) is 0 Å². The van der Waals surface area contributed by atoms with E-state index < -0.39 is 0 Å². The average Bonchev–Trinajstić information content (AvgIpc) is 2.90. The molecule has 104 valence electrons. The van der Waals surface area contributed by atoms with Gasteiger partial charge in [0.15, 0.2) is 0 Å². The summed E-state index contributed by atoms with van der Waals surface area (Å²) in [5.41, 5.74) is 1.19. The minimum Gasteiger partial charge on any atom is -0.310 e. The number of non-ortho nitro benzene ring substituents is 1. The first kappa shape index (κ1) is 14.5. The van der Waals surface area contributed by atoms with E-state index in [4.69, 9.17) is 0 Å². The molecule has 0 radical (unpaired) electrons. The molecule has 1 aromatic carbocycles. The van der Waals surface area contributed by atoms with Gasteiger partial charge in [0.1, 0.15) is 0 Å². The van der Waals surface area contributed by atoms with E-state index in [-0.39, 0.29) is 10.6 Å². The van der Waals surface area contributed by atoms with Gasteiger partial charge in [-0.2, -0.15) is 0 Å². The van der Waals surface area contributed by atoms with Crippen LogP contribution in [0.15, 0.2) is 22.7 Å². The van der Waals surface area contributed by atoms with E-state index in [1.807, 2.05) is 6.07 Å². The molecule has 0 bridgehead atoms. The van der Waals surface area contributed by atoms with Crippen LogP contribution in [0.5, 0.6) is 0 Å². The van der Waals surface area contributed by atoms with Crippen molar-refractivity contribution in [2.24, 2.45) is 5.92 Å². The van der Waals surface area contributed by atoms with Crippen molar-refractivity contribution in [1.29, 1.82) is 0 Å². The molecule has 19 heavy (non-hydrogen) atoms. The fourth-order valence-electron chi connectivity index (χ4n) is 2.69. The first-order valence-electron chi connectivity index (χ1n) is 6.74. The zero-order chi connectivity index (χ0) is 13.8. The second-order valence-electron chi connectivity index (χ2n) is 5.25. The van der Waals surface area contributed by atoms with Crippen LogP contribution < -0.4 is 5.32 Å². The van der Waals surface area contributed by atoms with Crippen LogP contribution in [0.1, 0.15) is 38.2 Å². The minimum atomic E-state index is -0.372. The SMILES string of the molecule is CC(NCc1ccc([N+](=O)[O-])cc1Br)C1CCCC1. The maximum atomic E-state index is 10.7. The van der Waals surface area contributed by atoms with E-state index in [1.54, 1.807) is 12.1 Å². The monoisotopic (exact) mass is 326 g/mol. The zero-order valence-electron chi connectivity index (χ0n) is 11.1. The molecule has 2 rings (SSSR count). The number of rotatable bonds is 5. The summed E-state index contributed by atoms with van der Waals surface area (Å²) >= 11 is 3.40. The number of hydrogen-bond acceptors (Lipinski definition) is 3. The molecule has 1 fully saturated rings. The smallest absolute Gasteiger partial charge is 0.270 e. The van der Waals surface area contributed by atoms with Gasteiger partial charge in [0, 0.05) is 29.2 Å². The molecule has 0 spiro atoms. The summed E-state index contributed by atoms with van der Waals surface area (Å²) in [5, 5.41) is 14.2. The molecule has 1 unspecified atom stereocenters. The Kier molecular flexibility index (Phi) is 4.93. The molecule has 0 heterocycles. The molecule has 4 nitrogen and oxygen atoms in total. The highest BCUT2D eigenvalue weighted by molar-refractivity contribution is 9.10. The highest BCUT2D eigenvalue weighted by Gasteiger charge is 2.21. The average molecular weight is 327 g/mol. The maximum Gasteiger partial charge on any atom is 0.270 e. The first-order chi connectivity index (χ1) is 9.08. The summed E-state index contributed by atoms with van der Waals surface area (Å²) in [6.45, 7) is 2.98. The molecular weight excluding hydrogens is 308 g/mol. The van der Waals surface area contributed by atoms with E-state index >= 15 is 0 Å². The largest absolute Gasteiger partial charge is 0.310 e. The first-order valence-corrected chi connectivity index (χ1v) is 7.53. The Hall–Kier alpha value is -0.940. The van der Waals surface area contributed by atoms with Gasteiger partial charge in [0.05, 0.1) is 4.92 Å². The summed E-state index contributed by atoms with van der Waals surface area (Å²) in [7, 11) is 0. The predicted molar refractivity (Wildman–Crippen MR) is 79.1 cm³/mol. The number of hydrogen-bond donors (Lipinski definition) is 1. The Balaban J connectivity index is 1.93. The number of nitrogens with zero attached hydrogens (tertiary/aromatic N) is 1. The van der Waals surface area contributed by atoms with Crippen LogP contribution in [0.3, 0.4) is 0 Å². The van der Waals surface area contributed by atoms with Crippen LogP contribution in [-0.4, -0.2) is 11.0 Å². The van der Waals surface area contributed by atoms with Crippen LogP contribution in [0.4, 0.5) is 5.69 Å². The topological polar surface area (TPSA) is 55.2 Å². The lowest BCUT2D eigenvalue weighted by atomic mass is 9.99. The lowest BCUT2D eigenvalue weighted by Gasteiger charge is -2.20. The fraction of sp³-hybridized carbons (Fsp3) is 0.571. The number of nitrogens with one attached hydrogen (secondary N) is 1. The maximum absolute atomic E-state index is 10.7. The fourth-order valence-corrected chi connectivity index (χ4v) is 3.20. The number of nitro groups is 1. The molecule has 5 heteroatoms. The number of nitro benzene ring substituents is 1. The van der Waals surface area contributed by atoms with Gasteiger partial charge < -0.3 is 5.32 Å². The Labute approximate surface area is 121 Å². The van der Waals surface area contributed by atoms with Crippen molar-refractivity contribution in [3.05, 3.63) is 38.3 Å². The normalized spacial score (nSPS) is 17.6. The molecule has 1 aliphatic carbocycles. The second-order valence-corrected chi connectivity index (χ2v) is 6.10. The third-order valence-electron chi connectivity index (χ3n) is 3.97. The van der Waals surface area contributed by atoms with Gasteiger partial charge in [0.25, 0.3) is 5.69 Å². The molecule has 0 saturated heterocycles.